The Bertz CT molecular complexity index is 1050. The van der Waals surface area contributed by atoms with Gasteiger partial charge in [0.25, 0.3) is 0 Å². The molecule has 9 nitrogen and oxygen atoms in total. The van der Waals surface area contributed by atoms with Gasteiger partial charge in [0.2, 0.25) is 0 Å². The normalized spacial score (nSPS) is 52.3. The van der Waals surface area contributed by atoms with Gasteiger partial charge in [0.15, 0.2) is 6.29 Å². The summed E-state index contributed by atoms with van der Waals surface area (Å²) in [5, 5.41) is 42.9. The summed E-state index contributed by atoms with van der Waals surface area (Å²) in [5.41, 5.74) is 0.0637. The molecular formula is C29H40O9. The van der Waals surface area contributed by atoms with Crippen LogP contribution in [0.25, 0.3) is 0 Å². The van der Waals surface area contributed by atoms with Crippen LogP contribution in [0.15, 0.2) is 23.3 Å². The highest BCUT2D eigenvalue weighted by Crippen LogP contribution is 2.68. The number of aliphatic hydroxyl groups is 4. The molecule has 6 aliphatic rings. The zero-order valence-corrected chi connectivity index (χ0v) is 22.1. The minimum Gasteiger partial charge on any atom is -0.458 e. The molecule has 12 atom stereocenters. The highest BCUT2D eigenvalue weighted by Gasteiger charge is 2.67. The summed E-state index contributed by atoms with van der Waals surface area (Å²) >= 11 is 0. The summed E-state index contributed by atoms with van der Waals surface area (Å²) in [7, 11) is 0. The molecule has 2 aliphatic heterocycles. The Balaban J connectivity index is 1.22. The number of allylic oxidation sites excluding steroid dienone is 1. The molecule has 4 fully saturated rings. The van der Waals surface area contributed by atoms with Crippen molar-refractivity contribution in [3.63, 3.8) is 0 Å². The molecule has 38 heavy (non-hydrogen) atoms. The summed E-state index contributed by atoms with van der Waals surface area (Å²) in [5.74, 6) is -0.220. The molecule has 0 spiro atoms. The number of hydrogen-bond acceptors (Lipinski definition) is 9. The van der Waals surface area contributed by atoms with E-state index in [1.807, 2.05) is 0 Å². The molecule has 1 saturated heterocycles. The molecule has 2 heterocycles. The predicted octanol–water partition coefficient (Wildman–Crippen LogP) is 1.56. The first kappa shape index (κ1) is 26.6. The average molecular weight is 533 g/mol. The molecule has 0 radical (unpaired) electrons. The molecule has 9 heteroatoms. The maximum atomic E-state index is 12.9. The fourth-order valence-electron chi connectivity index (χ4n) is 9.14. The first-order valence-electron chi connectivity index (χ1n) is 14.1. The molecular weight excluding hydrogens is 492 g/mol. The Labute approximate surface area is 222 Å². The van der Waals surface area contributed by atoms with E-state index in [1.54, 1.807) is 13.0 Å². The predicted molar refractivity (Wildman–Crippen MR) is 133 cm³/mol. The summed E-state index contributed by atoms with van der Waals surface area (Å²) in [6, 6.07) is 0. The van der Waals surface area contributed by atoms with Crippen LogP contribution in [0.3, 0.4) is 0 Å². The number of aliphatic hydroxyl groups excluding tert-OH is 3. The van der Waals surface area contributed by atoms with E-state index in [0.29, 0.717) is 38.7 Å². The van der Waals surface area contributed by atoms with Gasteiger partial charge in [-0.05, 0) is 81.6 Å². The second kappa shape index (κ2) is 9.21. The van der Waals surface area contributed by atoms with Gasteiger partial charge in [-0.1, -0.05) is 18.6 Å². The second-order valence-electron chi connectivity index (χ2n) is 12.8. The van der Waals surface area contributed by atoms with E-state index in [4.69, 9.17) is 14.2 Å². The number of ether oxygens (including phenoxy) is 3. The Morgan fingerprint density at radius 2 is 1.84 bits per heavy atom. The first-order valence-corrected chi connectivity index (χ1v) is 14.1. The standard InChI is InChI=1S/C29H40O9/c1-15-23(32)24(33)25(34)26(37-15)38-18-5-9-28(14-30)17(12-18)3-4-21-20(28)6-8-27(2)19(7-10-29(21,27)35)16-11-22(31)36-13-16/h3,11,14-15,18-21,23-26,32-35H,4-10,12-13H2,1-2H3. The molecule has 4 aliphatic carbocycles. The minimum absolute atomic E-state index is 0.0294. The van der Waals surface area contributed by atoms with E-state index in [1.165, 1.54) is 0 Å². The zero-order valence-electron chi connectivity index (χ0n) is 22.1. The van der Waals surface area contributed by atoms with Crippen LogP contribution in [0.1, 0.15) is 65.2 Å². The molecule has 210 valence electrons. The van der Waals surface area contributed by atoms with Crippen molar-refractivity contribution < 1.29 is 44.2 Å². The van der Waals surface area contributed by atoms with E-state index < -0.39 is 41.7 Å². The zero-order chi connectivity index (χ0) is 27.0. The van der Waals surface area contributed by atoms with E-state index in [9.17, 15) is 30.0 Å². The van der Waals surface area contributed by atoms with Crippen LogP contribution >= 0.6 is 0 Å². The highest BCUT2D eigenvalue weighted by molar-refractivity contribution is 5.85. The van der Waals surface area contributed by atoms with Crippen molar-refractivity contribution in [1.29, 1.82) is 0 Å². The minimum atomic E-state index is -1.36. The van der Waals surface area contributed by atoms with Crippen molar-refractivity contribution in [3.8, 4) is 0 Å². The molecule has 4 N–H and O–H groups in total. The number of rotatable bonds is 4. The van der Waals surface area contributed by atoms with E-state index >= 15 is 0 Å². The Morgan fingerprint density at radius 1 is 1.05 bits per heavy atom. The Morgan fingerprint density at radius 3 is 2.55 bits per heavy atom. The highest BCUT2D eigenvalue weighted by atomic mass is 16.7. The fourth-order valence-corrected chi connectivity index (χ4v) is 9.14. The molecule has 0 aromatic heterocycles. The number of fused-ring (bicyclic) bond motifs is 5. The van der Waals surface area contributed by atoms with Crippen molar-refractivity contribution in [2.75, 3.05) is 6.61 Å². The molecule has 0 amide bonds. The third-order valence-electron chi connectivity index (χ3n) is 11.3. The van der Waals surface area contributed by atoms with E-state index in [2.05, 4.69) is 13.0 Å². The van der Waals surface area contributed by atoms with Gasteiger partial charge in [-0.25, -0.2) is 4.79 Å². The van der Waals surface area contributed by atoms with Crippen LogP contribution < -0.4 is 0 Å². The number of aldehydes is 1. The molecule has 3 saturated carbocycles. The summed E-state index contributed by atoms with van der Waals surface area (Å²) in [6.07, 6.45) is 4.35. The monoisotopic (exact) mass is 532 g/mol. The van der Waals surface area contributed by atoms with Crippen molar-refractivity contribution in [2.24, 2.45) is 28.6 Å². The molecule has 12 unspecified atom stereocenters. The van der Waals surface area contributed by atoms with Crippen molar-refractivity contribution in [1.82, 2.24) is 0 Å². The van der Waals surface area contributed by atoms with Gasteiger partial charge in [-0.2, -0.15) is 0 Å². The maximum Gasteiger partial charge on any atom is 0.331 e. The SMILES string of the molecule is CC1OC(OC2CCC3(C=O)C(=CCC4C3CCC3(C)C(C5=CC(=O)OC5)CCC43O)C2)C(O)C(O)C1O. The quantitative estimate of drug-likeness (QED) is 0.241. The topological polar surface area (TPSA) is 143 Å². The van der Waals surface area contributed by atoms with Crippen molar-refractivity contribution in [3.05, 3.63) is 23.3 Å². The summed E-state index contributed by atoms with van der Waals surface area (Å²) < 4.78 is 16.9. The van der Waals surface area contributed by atoms with Crippen molar-refractivity contribution in [2.45, 2.75) is 108 Å². The van der Waals surface area contributed by atoms with E-state index in [0.717, 1.165) is 36.7 Å². The van der Waals surface area contributed by atoms with Gasteiger partial charge in [0.05, 0.1) is 23.2 Å². The van der Waals surface area contributed by atoms with Crippen LogP contribution in [0.2, 0.25) is 0 Å². The van der Waals surface area contributed by atoms with Gasteiger partial charge in [0.1, 0.15) is 31.2 Å². The number of hydrogen-bond donors (Lipinski definition) is 4. The van der Waals surface area contributed by atoms with Gasteiger partial charge in [0, 0.05) is 11.5 Å². The third-order valence-corrected chi connectivity index (χ3v) is 11.3. The van der Waals surface area contributed by atoms with Gasteiger partial charge < -0.3 is 39.4 Å². The molecule has 0 bridgehead atoms. The van der Waals surface area contributed by atoms with Crippen LogP contribution in [0.5, 0.6) is 0 Å². The number of esters is 1. The summed E-state index contributed by atoms with van der Waals surface area (Å²) in [4.78, 5) is 24.7. The number of cyclic esters (lactones) is 1. The van der Waals surface area contributed by atoms with Gasteiger partial charge in [-0.3, -0.25) is 0 Å². The van der Waals surface area contributed by atoms with E-state index in [-0.39, 0.29) is 35.2 Å². The van der Waals surface area contributed by atoms with Gasteiger partial charge in [-0.15, -0.1) is 0 Å². The second-order valence-corrected chi connectivity index (χ2v) is 12.8. The lowest BCUT2D eigenvalue weighted by atomic mass is 9.45. The maximum absolute atomic E-state index is 12.9. The van der Waals surface area contributed by atoms with Crippen LogP contribution in [0, 0.1) is 28.6 Å². The largest absolute Gasteiger partial charge is 0.458 e. The number of carbonyl (C=O) groups is 2. The Hall–Kier alpha value is -1.62. The lowest BCUT2D eigenvalue weighted by Crippen LogP contribution is -2.61. The molecule has 0 aromatic carbocycles. The Kier molecular flexibility index (Phi) is 6.45. The van der Waals surface area contributed by atoms with Crippen LogP contribution in [-0.4, -0.2) is 81.7 Å². The molecule has 0 aromatic rings. The molecule has 6 rings (SSSR count). The average Bonchev–Trinajstić information content (AvgIpc) is 3.45. The lowest BCUT2D eigenvalue weighted by Gasteiger charge is -2.60. The smallest absolute Gasteiger partial charge is 0.331 e. The number of carbonyl (C=O) groups excluding carboxylic acids is 2. The summed E-state index contributed by atoms with van der Waals surface area (Å²) in [6.45, 7) is 4.09. The first-order chi connectivity index (χ1) is 18.0. The van der Waals surface area contributed by atoms with Gasteiger partial charge >= 0.3 is 5.97 Å². The fraction of sp³-hybridized carbons (Fsp3) is 0.793. The van der Waals surface area contributed by atoms with Crippen LogP contribution in [0.4, 0.5) is 0 Å². The third kappa shape index (κ3) is 3.65. The van der Waals surface area contributed by atoms with Crippen LogP contribution in [-0.2, 0) is 23.8 Å². The lowest BCUT2D eigenvalue weighted by molar-refractivity contribution is -0.305. The van der Waals surface area contributed by atoms with Crippen molar-refractivity contribution >= 4 is 12.3 Å².